The second-order valence-corrected chi connectivity index (χ2v) is 9.25. The molecule has 0 radical (unpaired) electrons. The van der Waals surface area contributed by atoms with E-state index in [0.717, 1.165) is 15.2 Å². The third-order valence-electron chi connectivity index (χ3n) is 4.31. The molecule has 0 bridgehead atoms. The standard InChI is InChI=1S/C21H24N4OS2/c1-14-9-11-18(12-10-14)23-20-24-25-21(28-20)27-16(3)19(26)22-13-15(2)17-7-5-4-6-8-17/h4-12,15-16H,13H2,1-3H3,(H,22,26)(H,23,24). The monoisotopic (exact) mass is 412 g/mol. The minimum atomic E-state index is -0.233. The molecule has 0 aliphatic carbocycles. The first-order chi connectivity index (χ1) is 13.5. The molecule has 7 heteroatoms. The zero-order chi connectivity index (χ0) is 19.9. The predicted molar refractivity (Wildman–Crippen MR) is 118 cm³/mol. The lowest BCUT2D eigenvalue weighted by atomic mass is 10.0. The summed E-state index contributed by atoms with van der Waals surface area (Å²) >= 11 is 2.87. The van der Waals surface area contributed by atoms with E-state index in [2.05, 4.69) is 46.8 Å². The summed E-state index contributed by atoms with van der Waals surface area (Å²) in [5.41, 5.74) is 3.40. The third kappa shape index (κ3) is 5.81. The smallest absolute Gasteiger partial charge is 0.233 e. The highest BCUT2D eigenvalue weighted by atomic mass is 32.2. The van der Waals surface area contributed by atoms with Crippen LogP contribution in [-0.4, -0.2) is 27.9 Å². The number of anilines is 2. The summed E-state index contributed by atoms with van der Waals surface area (Å²) in [5.74, 6) is 0.283. The summed E-state index contributed by atoms with van der Waals surface area (Å²) in [6, 6.07) is 18.3. The van der Waals surface area contributed by atoms with Gasteiger partial charge in [0.15, 0.2) is 4.34 Å². The molecule has 1 amide bonds. The zero-order valence-electron chi connectivity index (χ0n) is 16.2. The minimum Gasteiger partial charge on any atom is -0.355 e. The predicted octanol–water partition coefficient (Wildman–Crippen LogP) is 4.99. The summed E-state index contributed by atoms with van der Waals surface area (Å²) in [6.07, 6.45) is 0. The second kappa shape index (κ2) is 9.71. The first-order valence-electron chi connectivity index (χ1n) is 9.18. The van der Waals surface area contributed by atoms with E-state index in [1.165, 1.54) is 34.2 Å². The molecule has 1 aromatic heterocycles. The van der Waals surface area contributed by atoms with Crippen molar-refractivity contribution in [2.45, 2.75) is 36.3 Å². The van der Waals surface area contributed by atoms with E-state index in [9.17, 15) is 4.79 Å². The van der Waals surface area contributed by atoms with Crippen LogP contribution in [0.15, 0.2) is 58.9 Å². The van der Waals surface area contributed by atoms with E-state index < -0.39 is 0 Å². The summed E-state index contributed by atoms with van der Waals surface area (Å²) in [5, 5.41) is 15.1. The van der Waals surface area contributed by atoms with Crippen molar-refractivity contribution in [2.24, 2.45) is 0 Å². The van der Waals surface area contributed by atoms with Gasteiger partial charge >= 0.3 is 0 Å². The van der Waals surface area contributed by atoms with Gasteiger partial charge in [-0.2, -0.15) is 0 Å². The Morgan fingerprint density at radius 3 is 2.50 bits per heavy atom. The van der Waals surface area contributed by atoms with Crippen LogP contribution in [0.3, 0.4) is 0 Å². The van der Waals surface area contributed by atoms with Crippen LogP contribution in [0.5, 0.6) is 0 Å². The van der Waals surface area contributed by atoms with Crippen LogP contribution in [0.1, 0.15) is 30.9 Å². The quantitative estimate of drug-likeness (QED) is 0.510. The molecule has 2 N–H and O–H groups in total. The van der Waals surface area contributed by atoms with Crippen LogP contribution in [0.2, 0.25) is 0 Å². The van der Waals surface area contributed by atoms with Crippen molar-refractivity contribution in [1.29, 1.82) is 0 Å². The molecule has 2 aromatic carbocycles. The van der Waals surface area contributed by atoms with Crippen molar-refractivity contribution in [3.05, 3.63) is 65.7 Å². The van der Waals surface area contributed by atoms with Gasteiger partial charge in [0.25, 0.3) is 0 Å². The molecule has 0 aliphatic heterocycles. The van der Waals surface area contributed by atoms with Crippen LogP contribution in [0.4, 0.5) is 10.8 Å². The number of aryl methyl sites for hydroxylation is 1. The van der Waals surface area contributed by atoms with Gasteiger partial charge in [0.2, 0.25) is 11.0 Å². The highest BCUT2D eigenvalue weighted by molar-refractivity contribution is 8.02. The molecule has 0 fully saturated rings. The molecule has 28 heavy (non-hydrogen) atoms. The Kier molecular flexibility index (Phi) is 7.06. The fraction of sp³-hybridized carbons (Fsp3) is 0.286. The fourth-order valence-corrected chi connectivity index (χ4v) is 4.51. The molecule has 3 rings (SSSR count). The van der Waals surface area contributed by atoms with Crippen molar-refractivity contribution < 1.29 is 4.79 Å². The Morgan fingerprint density at radius 2 is 1.79 bits per heavy atom. The average molecular weight is 413 g/mol. The van der Waals surface area contributed by atoms with Gasteiger partial charge in [-0.3, -0.25) is 4.79 Å². The molecule has 2 unspecified atom stereocenters. The van der Waals surface area contributed by atoms with Gasteiger partial charge in [-0.15, -0.1) is 10.2 Å². The Labute approximate surface area is 174 Å². The van der Waals surface area contributed by atoms with Crippen LogP contribution < -0.4 is 10.6 Å². The Bertz CT molecular complexity index is 896. The number of hydrogen-bond acceptors (Lipinski definition) is 6. The number of amides is 1. The topological polar surface area (TPSA) is 66.9 Å². The lowest BCUT2D eigenvalue weighted by molar-refractivity contribution is -0.120. The molecule has 1 heterocycles. The molecule has 3 aromatic rings. The SMILES string of the molecule is Cc1ccc(Nc2nnc(SC(C)C(=O)NCC(C)c3ccccc3)s2)cc1. The maximum atomic E-state index is 12.4. The van der Waals surface area contributed by atoms with Gasteiger partial charge < -0.3 is 10.6 Å². The fourth-order valence-electron chi connectivity index (χ4n) is 2.57. The maximum absolute atomic E-state index is 12.4. The number of aromatic nitrogens is 2. The van der Waals surface area contributed by atoms with E-state index in [1.54, 1.807) is 0 Å². The van der Waals surface area contributed by atoms with Crippen molar-refractivity contribution in [1.82, 2.24) is 15.5 Å². The average Bonchev–Trinajstić information content (AvgIpc) is 3.15. The van der Waals surface area contributed by atoms with Crippen LogP contribution >= 0.6 is 23.1 Å². The van der Waals surface area contributed by atoms with E-state index in [1.807, 2.05) is 49.4 Å². The number of thioether (sulfide) groups is 1. The molecule has 5 nitrogen and oxygen atoms in total. The Balaban J connectivity index is 1.48. The summed E-state index contributed by atoms with van der Waals surface area (Å²) in [6.45, 7) is 6.67. The summed E-state index contributed by atoms with van der Waals surface area (Å²) < 4.78 is 0.772. The van der Waals surface area contributed by atoms with Crippen LogP contribution in [0.25, 0.3) is 0 Å². The molecular formula is C21H24N4OS2. The van der Waals surface area contributed by atoms with Crippen LogP contribution in [0, 0.1) is 6.92 Å². The highest BCUT2D eigenvalue weighted by Crippen LogP contribution is 2.30. The van der Waals surface area contributed by atoms with Crippen molar-refractivity contribution in [3.8, 4) is 0 Å². The number of nitrogens with one attached hydrogen (secondary N) is 2. The number of carbonyl (C=O) groups excluding carboxylic acids is 1. The van der Waals surface area contributed by atoms with Gasteiger partial charge in [-0.1, -0.05) is 78.1 Å². The lowest BCUT2D eigenvalue weighted by Gasteiger charge is -2.15. The normalized spacial score (nSPS) is 13.0. The summed E-state index contributed by atoms with van der Waals surface area (Å²) in [7, 11) is 0. The first-order valence-corrected chi connectivity index (χ1v) is 10.9. The van der Waals surface area contributed by atoms with Crippen molar-refractivity contribution in [2.75, 3.05) is 11.9 Å². The number of hydrogen-bond donors (Lipinski definition) is 2. The lowest BCUT2D eigenvalue weighted by Crippen LogP contribution is -2.33. The van der Waals surface area contributed by atoms with Gasteiger partial charge in [0.05, 0.1) is 5.25 Å². The van der Waals surface area contributed by atoms with Gasteiger partial charge in [0, 0.05) is 12.2 Å². The van der Waals surface area contributed by atoms with Crippen molar-refractivity contribution >= 4 is 39.8 Å². The first kappa shape index (κ1) is 20.4. The number of carbonyl (C=O) groups is 1. The maximum Gasteiger partial charge on any atom is 0.233 e. The van der Waals surface area contributed by atoms with Crippen LogP contribution in [-0.2, 0) is 4.79 Å². The highest BCUT2D eigenvalue weighted by Gasteiger charge is 2.18. The number of benzene rings is 2. The van der Waals surface area contributed by atoms with E-state index >= 15 is 0 Å². The third-order valence-corrected chi connectivity index (χ3v) is 6.33. The van der Waals surface area contributed by atoms with Gasteiger partial charge in [-0.05, 0) is 37.5 Å². The van der Waals surface area contributed by atoms with Gasteiger partial charge in [-0.25, -0.2) is 0 Å². The Morgan fingerprint density at radius 1 is 1.07 bits per heavy atom. The molecule has 0 spiro atoms. The summed E-state index contributed by atoms with van der Waals surface area (Å²) in [4.78, 5) is 12.4. The molecule has 0 saturated heterocycles. The number of nitrogens with zero attached hydrogens (tertiary/aromatic N) is 2. The van der Waals surface area contributed by atoms with Crippen molar-refractivity contribution in [3.63, 3.8) is 0 Å². The van der Waals surface area contributed by atoms with E-state index in [0.29, 0.717) is 6.54 Å². The second-order valence-electron chi connectivity index (χ2n) is 6.68. The largest absolute Gasteiger partial charge is 0.355 e. The number of rotatable bonds is 8. The molecule has 0 aliphatic rings. The van der Waals surface area contributed by atoms with Gasteiger partial charge in [0.1, 0.15) is 0 Å². The molecule has 2 atom stereocenters. The molecule has 146 valence electrons. The van der Waals surface area contributed by atoms with E-state index in [4.69, 9.17) is 0 Å². The van der Waals surface area contributed by atoms with E-state index in [-0.39, 0.29) is 17.1 Å². The molecular weight excluding hydrogens is 388 g/mol. The Hall–Kier alpha value is -2.38. The molecule has 0 saturated carbocycles. The zero-order valence-corrected chi connectivity index (χ0v) is 17.8. The minimum absolute atomic E-state index is 0.0102.